The van der Waals surface area contributed by atoms with Crippen molar-refractivity contribution < 1.29 is 0 Å². The standard InChI is InChI=1S/C13H10Br2S/c14-11-5-3-4-10(8-11)9-16-13-7-2-1-6-12(13)15/h1-8H,9H2. The van der Waals surface area contributed by atoms with Crippen LogP contribution in [-0.4, -0.2) is 0 Å². The van der Waals surface area contributed by atoms with E-state index in [0.717, 1.165) is 14.7 Å². The minimum Gasteiger partial charge on any atom is -0.120 e. The first-order chi connectivity index (χ1) is 7.75. The Morgan fingerprint density at radius 3 is 2.50 bits per heavy atom. The van der Waals surface area contributed by atoms with Crippen LogP contribution in [0, 0.1) is 0 Å². The van der Waals surface area contributed by atoms with Gasteiger partial charge in [0.1, 0.15) is 0 Å². The Morgan fingerprint density at radius 1 is 0.938 bits per heavy atom. The summed E-state index contributed by atoms with van der Waals surface area (Å²) in [5.74, 6) is 0.988. The SMILES string of the molecule is Brc1cccc(CSc2ccccc2Br)c1. The summed E-state index contributed by atoms with van der Waals surface area (Å²) in [7, 11) is 0. The third kappa shape index (κ3) is 3.37. The lowest BCUT2D eigenvalue weighted by Gasteiger charge is -2.04. The predicted octanol–water partition coefficient (Wildman–Crippen LogP) is 5.50. The van der Waals surface area contributed by atoms with Gasteiger partial charge < -0.3 is 0 Å². The molecule has 2 aromatic carbocycles. The third-order valence-electron chi connectivity index (χ3n) is 2.12. The molecule has 0 N–H and O–H groups in total. The second kappa shape index (κ2) is 5.89. The molecule has 16 heavy (non-hydrogen) atoms. The molecule has 0 bridgehead atoms. The zero-order valence-corrected chi connectivity index (χ0v) is 12.5. The number of halogens is 2. The van der Waals surface area contributed by atoms with Gasteiger partial charge in [0.25, 0.3) is 0 Å². The van der Waals surface area contributed by atoms with Crippen LogP contribution >= 0.6 is 43.6 Å². The Bertz CT molecular complexity index is 483. The number of thioether (sulfide) groups is 1. The molecule has 0 aliphatic heterocycles. The molecule has 0 spiro atoms. The minimum atomic E-state index is 0.988. The second-order valence-electron chi connectivity index (χ2n) is 3.35. The van der Waals surface area contributed by atoms with E-state index in [9.17, 15) is 0 Å². The molecule has 0 aliphatic rings. The molecule has 0 saturated carbocycles. The lowest BCUT2D eigenvalue weighted by atomic mass is 10.2. The Labute approximate surface area is 117 Å². The first kappa shape index (κ1) is 12.2. The van der Waals surface area contributed by atoms with Gasteiger partial charge in [0.15, 0.2) is 0 Å². The average Bonchev–Trinajstić information content (AvgIpc) is 2.28. The van der Waals surface area contributed by atoms with E-state index < -0.39 is 0 Å². The van der Waals surface area contributed by atoms with Crippen LogP contribution in [0.1, 0.15) is 5.56 Å². The summed E-state index contributed by atoms with van der Waals surface area (Å²) in [6.45, 7) is 0. The lowest BCUT2D eigenvalue weighted by molar-refractivity contribution is 1.35. The van der Waals surface area contributed by atoms with Crippen LogP contribution in [0.2, 0.25) is 0 Å². The molecule has 0 atom stereocenters. The van der Waals surface area contributed by atoms with Gasteiger partial charge in [-0.25, -0.2) is 0 Å². The topological polar surface area (TPSA) is 0 Å². The van der Waals surface area contributed by atoms with Gasteiger partial charge in [0.05, 0.1) is 0 Å². The van der Waals surface area contributed by atoms with Gasteiger partial charge >= 0.3 is 0 Å². The highest BCUT2D eigenvalue weighted by Gasteiger charge is 2.00. The fourth-order valence-electron chi connectivity index (χ4n) is 1.35. The largest absolute Gasteiger partial charge is 0.120 e. The zero-order chi connectivity index (χ0) is 11.4. The van der Waals surface area contributed by atoms with Gasteiger partial charge in [-0.05, 0) is 45.8 Å². The van der Waals surface area contributed by atoms with Crippen LogP contribution in [0.3, 0.4) is 0 Å². The molecular formula is C13H10Br2S. The summed E-state index contributed by atoms with van der Waals surface area (Å²) >= 11 is 8.88. The van der Waals surface area contributed by atoms with Gasteiger partial charge in [0.2, 0.25) is 0 Å². The van der Waals surface area contributed by atoms with Crippen LogP contribution in [0.15, 0.2) is 62.4 Å². The fraction of sp³-hybridized carbons (Fsp3) is 0.0769. The zero-order valence-electron chi connectivity index (χ0n) is 8.49. The highest BCUT2D eigenvalue weighted by atomic mass is 79.9. The van der Waals surface area contributed by atoms with E-state index >= 15 is 0 Å². The van der Waals surface area contributed by atoms with E-state index in [1.165, 1.54) is 10.5 Å². The van der Waals surface area contributed by atoms with Crippen molar-refractivity contribution >= 4 is 43.6 Å². The van der Waals surface area contributed by atoms with Gasteiger partial charge in [-0.15, -0.1) is 11.8 Å². The first-order valence-corrected chi connectivity index (χ1v) is 7.44. The van der Waals surface area contributed by atoms with Crippen LogP contribution in [0.25, 0.3) is 0 Å². The summed E-state index contributed by atoms with van der Waals surface area (Å²) in [4.78, 5) is 1.28. The van der Waals surface area contributed by atoms with Gasteiger partial charge in [-0.3, -0.25) is 0 Å². The predicted molar refractivity (Wildman–Crippen MR) is 77.8 cm³/mol. The molecule has 3 heteroatoms. The number of rotatable bonds is 3. The van der Waals surface area contributed by atoms with E-state index in [2.05, 4.69) is 68.3 Å². The van der Waals surface area contributed by atoms with Crippen molar-refractivity contribution in [3.63, 3.8) is 0 Å². The fourth-order valence-corrected chi connectivity index (χ4v) is 3.31. The van der Waals surface area contributed by atoms with Gasteiger partial charge in [-0.1, -0.05) is 40.2 Å². The molecule has 0 amide bonds. The number of hydrogen-bond acceptors (Lipinski definition) is 1. The van der Waals surface area contributed by atoms with E-state index in [1.807, 2.05) is 23.9 Å². The Kier molecular flexibility index (Phi) is 4.50. The lowest BCUT2D eigenvalue weighted by Crippen LogP contribution is -1.81. The van der Waals surface area contributed by atoms with Crippen molar-refractivity contribution in [1.29, 1.82) is 0 Å². The van der Waals surface area contributed by atoms with E-state index in [1.54, 1.807) is 0 Å². The monoisotopic (exact) mass is 356 g/mol. The third-order valence-corrected chi connectivity index (χ3v) is 4.71. The van der Waals surface area contributed by atoms with Crippen molar-refractivity contribution in [2.24, 2.45) is 0 Å². The molecule has 0 fully saturated rings. The smallest absolute Gasteiger partial charge is 0.0311 e. The summed E-state index contributed by atoms with van der Waals surface area (Å²) in [6, 6.07) is 16.7. The Balaban J connectivity index is 2.05. The number of benzene rings is 2. The Hall–Kier alpha value is -0.250. The van der Waals surface area contributed by atoms with Crippen molar-refractivity contribution in [3.05, 3.63) is 63.0 Å². The highest BCUT2D eigenvalue weighted by Crippen LogP contribution is 2.30. The van der Waals surface area contributed by atoms with Crippen molar-refractivity contribution in [2.45, 2.75) is 10.6 Å². The Morgan fingerprint density at radius 2 is 1.75 bits per heavy atom. The molecule has 0 nitrogen and oxygen atoms in total. The van der Waals surface area contributed by atoms with Crippen LogP contribution < -0.4 is 0 Å². The molecule has 0 unspecified atom stereocenters. The highest BCUT2D eigenvalue weighted by molar-refractivity contribution is 9.10. The number of hydrogen-bond donors (Lipinski definition) is 0. The maximum Gasteiger partial charge on any atom is 0.0311 e. The van der Waals surface area contributed by atoms with Crippen molar-refractivity contribution in [3.8, 4) is 0 Å². The quantitative estimate of drug-likeness (QED) is 0.653. The van der Waals surface area contributed by atoms with Crippen LogP contribution in [-0.2, 0) is 5.75 Å². The summed E-state index contributed by atoms with van der Waals surface area (Å²) < 4.78 is 2.30. The molecule has 82 valence electrons. The second-order valence-corrected chi connectivity index (χ2v) is 6.14. The minimum absolute atomic E-state index is 0.988. The first-order valence-electron chi connectivity index (χ1n) is 4.87. The summed E-state index contributed by atoms with van der Waals surface area (Å²) in [6.07, 6.45) is 0. The van der Waals surface area contributed by atoms with Crippen LogP contribution in [0.5, 0.6) is 0 Å². The summed E-state index contributed by atoms with van der Waals surface area (Å²) in [5, 5.41) is 0. The maximum absolute atomic E-state index is 3.55. The normalized spacial score (nSPS) is 10.4. The molecule has 2 rings (SSSR count). The molecule has 0 radical (unpaired) electrons. The average molecular weight is 358 g/mol. The molecule has 2 aromatic rings. The van der Waals surface area contributed by atoms with E-state index in [0.29, 0.717) is 0 Å². The van der Waals surface area contributed by atoms with E-state index in [-0.39, 0.29) is 0 Å². The molecule has 0 saturated heterocycles. The molecule has 0 aromatic heterocycles. The summed E-state index contributed by atoms with van der Waals surface area (Å²) in [5.41, 5.74) is 1.33. The van der Waals surface area contributed by atoms with Crippen molar-refractivity contribution in [2.75, 3.05) is 0 Å². The molecular weight excluding hydrogens is 348 g/mol. The molecule has 0 heterocycles. The van der Waals surface area contributed by atoms with E-state index in [4.69, 9.17) is 0 Å². The molecule has 0 aliphatic carbocycles. The van der Waals surface area contributed by atoms with Crippen LogP contribution in [0.4, 0.5) is 0 Å². The maximum atomic E-state index is 3.55. The van der Waals surface area contributed by atoms with Gasteiger partial charge in [0, 0.05) is 19.6 Å². The van der Waals surface area contributed by atoms with Crippen molar-refractivity contribution in [1.82, 2.24) is 0 Å². The van der Waals surface area contributed by atoms with Gasteiger partial charge in [-0.2, -0.15) is 0 Å².